The lowest BCUT2D eigenvalue weighted by Gasteiger charge is -2.11. The molecule has 0 saturated carbocycles. The Balaban J connectivity index is 2.61. The molecule has 0 fully saturated rings. The van der Waals surface area contributed by atoms with Gasteiger partial charge in [0.05, 0.1) is 7.11 Å². The molecule has 3 heteroatoms. The summed E-state index contributed by atoms with van der Waals surface area (Å²) in [5, 5.41) is 0. The van der Waals surface area contributed by atoms with Gasteiger partial charge < -0.3 is 4.74 Å². The Hall–Kier alpha value is -2.16. The maximum absolute atomic E-state index is 13.3. The van der Waals surface area contributed by atoms with Crippen LogP contribution in [0.25, 0.3) is 11.1 Å². The number of rotatable bonds is 3. The first-order valence-electron chi connectivity index (χ1n) is 5.55. The van der Waals surface area contributed by atoms with E-state index in [9.17, 15) is 9.18 Å². The topological polar surface area (TPSA) is 26.3 Å². The SMILES string of the molecule is COc1ccc(F)cc1-c1ccc(C=O)cc1C. The van der Waals surface area contributed by atoms with Crippen LogP contribution in [0.3, 0.4) is 0 Å². The monoisotopic (exact) mass is 244 g/mol. The van der Waals surface area contributed by atoms with Gasteiger partial charge in [-0.1, -0.05) is 12.1 Å². The van der Waals surface area contributed by atoms with Crippen LogP contribution in [0, 0.1) is 12.7 Å². The molecule has 0 heterocycles. The zero-order valence-electron chi connectivity index (χ0n) is 10.2. The quantitative estimate of drug-likeness (QED) is 0.771. The van der Waals surface area contributed by atoms with E-state index in [4.69, 9.17) is 4.74 Å². The molecule has 0 aliphatic heterocycles. The second-order valence-electron chi connectivity index (χ2n) is 4.04. The maximum atomic E-state index is 13.3. The van der Waals surface area contributed by atoms with Crippen molar-refractivity contribution < 1.29 is 13.9 Å². The number of aldehydes is 1. The molecule has 0 atom stereocenters. The van der Waals surface area contributed by atoms with Gasteiger partial charge in [0.1, 0.15) is 17.9 Å². The van der Waals surface area contributed by atoms with E-state index in [-0.39, 0.29) is 5.82 Å². The maximum Gasteiger partial charge on any atom is 0.150 e. The van der Waals surface area contributed by atoms with E-state index in [1.54, 1.807) is 31.4 Å². The van der Waals surface area contributed by atoms with Crippen molar-refractivity contribution in [3.63, 3.8) is 0 Å². The Bertz CT molecular complexity index is 591. The molecule has 0 saturated heterocycles. The summed E-state index contributed by atoms with van der Waals surface area (Å²) in [6.45, 7) is 1.88. The van der Waals surface area contributed by atoms with Crippen LogP contribution in [0.15, 0.2) is 36.4 Å². The second-order valence-corrected chi connectivity index (χ2v) is 4.04. The highest BCUT2D eigenvalue weighted by Gasteiger charge is 2.10. The summed E-state index contributed by atoms with van der Waals surface area (Å²) >= 11 is 0. The fourth-order valence-corrected chi connectivity index (χ4v) is 1.95. The minimum absolute atomic E-state index is 0.315. The lowest BCUT2D eigenvalue weighted by Crippen LogP contribution is -1.92. The summed E-state index contributed by atoms with van der Waals surface area (Å²) in [7, 11) is 1.55. The summed E-state index contributed by atoms with van der Waals surface area (Å²) in [4.78, 5) is 10.7. The minimum atomic E-state index is -0.315. The number of halogens is 1. The van der Waals surface area contributed by atoms with Gasteiger partial charge in [-0.25, -0.2) is 4.39 Å². The van der Waals surface area contributed by atoms with Gasteiger partial charge in [0.25, 0.3) is 0 Å². The van der Waals surface area contributed by atoms with Gasteiger partial charge in [0, 0.05) is 11.1 Å². The molecule has 0 bridgehead atoms. The molecule has 0 radical (unpaired) electrons. The predicted molar refractivity (Wildman–Crippen MR) is 68.5 cm³/mol. The zero-order valence-corrected chi connectivity index (χ0v) is 10.2. The fraction of sp³-hybridized carbons (Fsp3) is 0.133. The van der Waals surface area contributed by atoms with Crippen molar-refractivity contribution in [3.05, 3.63) is 53.3 Å². The first-order valence-corrected chi connectivity index (χ1v) is 5.55. The van der Waals surface area contributed by atoms with Gasteiger partial charge in [0.2, 0.25) is 0 Å². The molecule has 0 spiro atoms. The van der Waals surface area contributed by atoms with Crippen LogP contribution in [0.5, 0.6) is 5.75 Å². The summed E-state index contributed by atoms with van der Waals surface area (Å²) in [5.41, 5.74) is 3.06. The number of ether oxygens (including phenoxy) is 1. The zero-order chi connectivity index (χ0) is 13.1. The third-order valence-corrected chi connectivity index (χ3v) is 2.84. The van der Waals surface area contributed by atoms with Gasteiger partial charge >= 0.3 is 0 Å². The molecule has 0 aromatic heterocycles. The molecule has 0 N–H and O–H groups in total. The van der Waals surface area contributed by atoms with Crippen LogP contribution in [-0.4, -0.2) is 13.4 Å². The summed E-state index contributed by atoms with van der Waals surface area (Å²) in [5.74, 6) is 0.294. The van der Waals surface area contributed by atoms with E-state index < -0.39 is 0 Å². The molecule has 92 valence electrons. The van der Waals surface area contributed by atoms with Crippen molar-refractivity contribution in [1.29, 1.82) is 0 Å². The highest BCUT2D eigenvalue weighted by molar-refractivity contribution is 5.80. The average molecular weight is 244 g/mol. The first-order chi connectivity index (χ1) is 8.65. The number of methoxy groups -OCH3 is 1. The highest BCUT2D eigenvalue weighted by Crippen LogP contribution is 2.32. The molecule has 2 aromatic carbocycles. The average Bonchev–Trinajstić information content (AvgIpc) is 2.38. The predicted octanol–water partition coefficient (Wildman–Crippen LogP) is 3.62. The largest absolute Gasteiger partial charge is 0.496 e. The van der Waals surface area contributed by atoms with Gasteiger partial charge in [-0.2, -0.15) is 0 Å². The molecule has 18 heavy (non-hydrogen) atoms. The van der Waals surface area contributed by atoms with Crippen LogP contribution in [0.2, 0.25) is 0 Å². The van der Waals surface area contributed by atoms with Crippen molar-refractivity contribution in [3.8, 4) is 16.9 Å². The lowest BCUT2D eigenvalue weighted by molar-refractivity contribution is 0.112. The van der Waals surface area contributed by atoms with Crippen LogP contribution >= 0.6 is 0 Å². The van der Waals surface area contributed by atoms with E-state index in [0.717, 1.165) is 17.4 Å². The smallest absolute Gasteiger partial charge is 0.150 e. The summed E-state index contributed by atoms with van der Waals surface area (Å²) < 4.78 is 18.6. The fourth-order valence-electron chi connectivity index (χ4n) is 1.95. The normalized spacial score (nSPS) is 10.2. The lowest BCUT2D eigenvalue weighted by atomic mass is 9.98. The molecule has 0 unspecified atom stereocenters. The third kappa shape index (κ3) is 2.25. The van der Waals surface area contributed by atoms with Gasteiger partial charge in [0.15, 0.2) is 0 Å². The summed E-state index contributed by atoms with van der Waals surface area (Å²) in [6, 6.07) is 9.67. The molecule has 0 amide bonds. The summed E-state index contributed by atoms with van der Waals surface area (Å²) in [6.07, 6.45) is 0.791. The van der Waals surface area contributed by atoms with Crippen LogP contribution < -0.4 is 4.74 Å². The number of benzene rings is 2. The Morgan fingerprint density at radius 1 is 1.11 bits per heavy atom. The Morgan fingerprint density at radius 3 is 2.50 bits per heavy atom. The second kappa shape index (κ2) is 5.00. The number of carbonyl (C=O) groups is 1. The van der Waals surface area contributed by atoms with E-state index in [1.165, 1.54) is 12.1 Å². The molecule has 2 aromatic rings. The molecule has 2 nitrogen and oxygen atoms in total. The molecular formula is C15H13FO2. The third-order valence-electron chi connectivity index (χ3n) is 2.84. The molecule has 2 rings (SSSR count). The van der Waals surface area contributed by atoms with Gasteiger partial charge in [-0.05, 0) is 42.3 Å². The van der Waals surface area contributed by atoms with E-state index in [0.29, 0.717) is 16.9 Å². The van der Waals surface area contributed by atoms with E-state index in [1.807, 2.05) is 6.92 Å². The van der Waals surface area contributed by atoms with Crippen LogP contribution in [0.4, 0.5) is 4.39 Å². The Kier molecular flexibility index (Phi) is 3.42. The Morgan fingerprint density at radius 2 is 1.89 bits per heavy atom. The van der Waals surface area contributed by atoms with Crippen molar-refractivity contribution in [2.75, 3.05) is 7.11 Å². The first kappa shape index (κ1) is 12.3. The number of aryl methyl sites for hydroxylation is 1. The number of hydrogen-bond donors (Lipinski definition) is 0. The standard InChI is InChI=1S/C15H13FO2/c1-10-7-11(9-17)3-5-13(10)14-8-12(16)4-6-15(14)18-2/h3-9H,1-2H3. The van der Waals surface area contributed by atoms with Gasteiger partial charge in [-0.15, -0.1) is 0 Å². The molecule has 0 aliphatic rings. The van der Waals surface area contributed by atoms with Crippen molar-refractivity contribution in [2.45, 2.75) is 6.92 Å². The van der Waals surface area contributed by atoms with E-state index >= 15 is 0 Å². The molecule has 0 aliphatic carbocycles. The van der Waals surface area contributed by atoms with E-state index in [2.05, 4.69) is 0 Å². The van der Waals surface area contributed by atoms with Crippen molar-refractivity contribution >= 4 is 6.29 Å². The van der Waals surface area contributed by atoms with Crippen LogP contribution in [0.1, 0.15) is 15.9 Å². The molecular weight excluding hydrogens is 231 g/mol. The van der Waals surface area contributed by atoms with Crippen molar-refractivity contribution in [1.82, 2.24) is 0 Å². The number of carbonyl (C=O) groups excluding carboxylic acids is 1. The number of hydrogen-bond acceptors (Lipinski definition) is 2. The Labute approximate surface area is 105 Å². The minimum Gasteiger partial charge on any atom is -0.496 e. The van der Waals surface area contributed by atoms with Gasteiger partial charge in [-0.3, -0.25) is 4.79 Å². The highest BCUT2D eigenvalue weighted by atomic mass is 19.1. The van der Waals surface area contributed by atoms with Crippen LogP contribution in [-0.2, 0) is 0 Å². The van der Waals surface area contributed by atoms with Crippen molar-refractivity contribution in [2.24, 2.45) is 0 Å².